The molecule has 0 radical (unpaired) electrons. The highest BCUT2D eigenvalue weighted by molar-refractivity contribution is 7.80. The zero-order valence-corrected chi connectivity index (χ0v) is 11.5. The fraction of sp³-hybridized carbons (Fsp3) is 0.462. The lowest BCUT2D eigenvalue weighted by Crippen LogP contribution is -2.33. The molecule has 0 aromatic heterocycles. The van der Waals surface area contributed by atoms with Gasteiger partial charge in [0.15, 0.2) is 0 Å². The van der Waals surface area contributed by atoms with Gasteiger partial charge in [0, 0.05) is 30.3 Å². The number of hydrogen-bond donors (Lipinski definition) is 2. The van der Waals surface area contributed by atoms with Crippen LogP contribution < -0.4 is 5.73 Å². The van der Waals surface area contributed by atoms with Crippen molar-refractivity contribution in [2.75, 3.05) is 13.2 Å². The first-order chi connectivity index (χ1) is 8.45. The van der Waals surface area contributed by atoms with Gasteiger partial charge in [-0.2, -0.15) is 0 Å². The molecule has 1 aromatic carbocycles. The monoisotopic (exact) mass is 270 g/mol. The van der Waals surface area contributed by atoms with Gasteiger partial charge in [-0.05, 0) is 19.9 Å². The van der Waals surface area contributed by atoms with Crippen molar-refractivity contribution in [3.63, 3.8) is 0 Å². The van der Waals surface area contributed by atoms with Gasteiger partial charge in [-0.25, -0.2) is 4.39 Å². The summed E-state index contributed by atoms with van der Waals surface area (Å²) in [6.07, 6.45) is 0. The maximum atomic E-state index is 13.9. The fourth-order valence-corrected chi connectivity index (χ4v) is 1.82. The molecule has 18 heavy (non-hydrogen) atoms. The minimum atomic E-state index is -0.316. The van der Waals surface area contributed by atoms with Crippen molar-refractivity contribution in [3.8, 4) is 0 Å². The standard InChI is InChI=1S/C13H19FN2OS/c1-9(2)16(5-6-17)8-11-4-3-10(13(15)18)7-12(11)14/h3-4,7,9,17H,5-6,8H2,1-2H3,(H2,15,18). The van der Waals surface area contributed by atoms with E-state index in [0.717, 1.165) is 0 Å². The number of aliphatic hydroxyl groups excluding tert-OH is 1. The predicted molar refractivity (Wildman–Crippen MR) is 74.9 cm³/mol. The van der Waals surface area contributed by atoms with Crippen LogP contribution >= 0.6 is 12.2 Å². The van der Waals surface area contributed by atoms with Crippen LogP contribution in [0.5, 0.6) is 0 Å². The zero-order valence-electron chi connectivity index (χ0n) is 10.7. The summed E-state index contributed by atoms with van der Waals surface area (Å²) in [7, 11) is 0. The normalized spacial score (nSPS) is 11.2. The van der Waals surface area contributed by atoms with Gasteiger partial charge in [0.2, 0.25) is 0 Å². The Morgan fingerprint density at radius 3 is 2.61 bits per heavy atom. The lowest BCUT2D eigenvalue weighted by atomic mass is 10.1. The first-order valence-corrected chi connectivity index (χ1v) is 6.29. The number of aliphatic hydroxyl groups is 1. The lowest BCUT2D eigenvalue weighted by Gasteiger charge is -2.25. The Bertz CT molecular complexity index is 423. The molecule has 5 heteroatoms. The predicted octanol–water partition coefficient (Wildman–Crippen LogP) is 1.66. The molecule has 1 rings (SSSR count). The largest absolute Gasteiger partial charge is 0.395 e. The first-order valence-electron chi connectivity index (χ1n) is 5.88. The molecule has 0 aliphatic rings. The molecule has 0 atom stereocenters. The molecule has 0 saturated carbocycles. The van der Waals surface area contributed by atoms with Crippen molar-refractivity contribution < 1.29 is 9.50 Å². The van der Waals surface area contributed by atoms with Crippen LogP contribution in [-0.2, 0) is 6.54 Å². The second kappa shape index (κ2) is 6.78. The topological polar surface area (TPSA) is 49.5 Å². The van der Waals surface area contributed by atoms with Crippen molar-refractivity contribution in [2.24, 2.45) is 5.73 Å². The number of benzene rings is 1. The minimum Gasteiger partial charge on any atom is -0.395 e. The Morgan fingerprint density at radius 1 is 1.50 bits per heavy atom. The summed E-state index contributed by atoms with van der Waals surface area (Å²) >= 11 is 4.80. The van der Waals surface area contributed by atoms with Crippen molar-refractivity contribution in [3.05, 3.63) is 35.1 Å². The molecule has 0 unspecified atom stereocenters. The third-order valence-electron chi connectivity index (χ3n) is 2.83. The third-order valence-corrected chi connectivity index (χ3v) is 3.06. The molecule has 100 valence electrons. The molecule has 1 aromatic rings. The highest BCUT2D eigenvalue weighted by atomic mass is 32.1. The number of thiocarbonyl (C=S) groups is 1. The molecule has 0 fully saturated rings. The molecular weight excluding hydrogens is 251 g/mol. The summed E-state index contributed by atoms with van der Waals surface area (Å²) in [6, 6.07) is 5.01. The first kappa shape index (κ1) is 15.0. The highest BCUT2D eigenvalue weighted by Crippen LogP contribution is 2.14. The Kier molecular flexibility index (Phi) is 5.65. The maximum absolute atomic E-state index is 13.9. The summed E-state index contributed by atoms with van der Waals surface area (Å²) in [5.41, 5.74) is 6.56. The molecule has 0 aliphatic heterocycles. The van der Waals surface area contributed by atoms with E-state index in [9.17, 15) is 4.39 Å². The van der Waals surface area contributed by atoms with Crippen molar-refractivity contribution in [2.45, 2.75) is 26.4 Å². The molecule has 0 heterocycles. The molecule has 0 amide bonds. The van der Waals surface area contributed by atoms with E-state index >= 15 is 0 Å². The van der Waals surface area contributed by atoms with E-state index in [0.29, 0.717) is 24.2 Å². The molecule has 3 N–H and O–H groups in total. The minimum absolute atomic E-state index is 0.0603. The van der Waals surface area contributed by atoms with Gasteiger partial charge in [0.05, 0.1) is 6.61 Å². The summed E-state index contributed by atoms with van der Waals surface area (Å²) in [5, 5.41) is 8.98. The van der Waals surface area contributed by atoms with E-state index in [1.165, 1.54) is 6.07 Å². The van der Waals surface area contributed by atoms with Gasteiger partial charge in [-0.3, -0.25) is 4.90 Å². The fourth-order valence-electron chi connectivity index (χ4n) is 1.70. The Morgan fingerprint density at radius 2 is 2.17 bits per heavy atom. The van der Waals surface area contributed by atoms with Gasteiger partial charge in [-0.15, -0.1) is 0 Å². The average Bonchev–Trinajstić information content (AvgIpc) is 2.30. The second-order valence-electron chi connectivity index (χ2n) is 4.46. The SMILES string of the molecule is CC(C)N(CCO)Cc1ccc(C(N)=S)cc1F. The molecular formula is C13H19FN2OS. The second-order valence-corrected chi connectivity index (χ2v) is 4.90. The molecule has 0 bridgehead atoms. The number of nitrogens with two attached hydrogens (primary N) is 1. The van der Waals surface area contributed by atoms with Gasteiger partial charge in [0.25, 0.3) is 0 Å². The summed E-state index contributed by atoms with van der Waals surface area (Å²) < 4.78 is 13.9. The highest BCUT2D eigenvalue weighted by Gasteiger charge is 2.12. The Balaban J connectivity index is 2.86. The van der Waals surface area contributed by atoms with Crippen LogP contribution in [0.4, 0.5) is 4.39 Å². The van der Waals surface area contributed by atoms with Crippen LogP contribution in [0.15, 0.2) is 18.2 Å². The molecule has 0 spiro atoms. The van der Waals surface area contributed by atoms with Crippen molar-refractivity contribution in [1.82, 2.24) is 4.90 Å². The number of hydrogen-bond acceptors (Lipinski definition) is 3. The van der Waals surface area contributed by atoms with Gasteiger partial charge >= 0.3 is 0 Å². The zero-order chi connectivity index (χ0) is 13.7. The van der Waals surface area contributed by atoms with Crippen LogP contribution in [0.1, 0.15) is 25.0 Å². The Labute approximate surface area is 112 Å². The molecule has 0 saturated heterocycles. The smallest absolute Gasteiger partial charge is 0.128 e. The van der Waals surface area contributed by atoms with Crippen LogP contribution in [0.3, 0.4) is 0 Å². The summed E-state index contributed by atoms with van der Waals surface area (Å²) in [6.45, 7) is 5.06. The van der Waals surface area contributed by atoms with Gasteiger partial charge in [-0.1, -0.05) is 24.4 Å². The third kappa shape index (κ3) is 4.01. The van der Waals surface area contributed by atoms with E-state index < -0.39 is 0 Å². The van der Waals surface area contributed by atoms with Crippen LogP contribution in [0.25, 0.3) is 0 Å². The van der Waals surface area contributed by atoms with Crippen LogP contribution in [0.2, 0.25) is 0 Å². The summed E-state index contributed by atoms with van der Waals surface area (Å²) in [4.78, 5) is 2.19. The van der Waals surface area contributed by atoms with E-state index in [1.54, 1.807) is 12.1 Å². The molecule has 3 nitrogen and oxygen atoms in total. The number of halogens is 1. The van der Waals surface area contributed by atoms with Gasteiger partial charge in [0.1, 0.15) is 10.8 Å². The van der Waals surface area contributed by atoms with E-state index in [-0.39, 0.29) is 23.5 Å². The summed E-state index contributed by atoms with van der Waals surface area (Å²) in [5.74, 6) is -0.316. The number of rotatable bonds is 6. The molecule has 0 aliphatic carbocycles. The van der Waals surface area contributed by atoms with Crippen molar-refractivity contribution in [1.29, 1.82) is 0 Å². The van der Waals surface area contributed by atoms with Crippen LogP contribution in [0, 0.1) is 5.82 Å². The van der Waals surface area contributed by atoms with Crippen molar-refractivity contribution >= 4 is 17.2 Å². The van der Waals surface area contributed by atoms with E-state index in [1.807, 2.05) is 18.7 Å². The van der Waals surface area contributed by atoms with Gasteiger partial charge < -0.3 is 10.8 Å². The lowest BCUT2D eigenvalue weighted by molar-refractivity contribution is 0.158. The van der Waals surface area contributed by atoms with Crippen LogP contribution in [-0.4, -0.2) is 34.2 Å². The van der Waals surface area contributed by atoms with E-state index in [4.69, 9.17) is 23.1 Å². The number of nitrogens with zero attached hydrogens (tertiary/aromatic N) is 1. The average molecular weight is 270 g/mol. The maximum Gasteiger partial charge on any atom is 0.128 e. The Hall–Kier alpha value is -1.04. The van der Waals surface area contributed by atoms with E-state index in [2.05, 4.69) is 0 Å². The quantitative estimate of drug-likeness (QED) is 0.772.